The SMILES string of the molecule is COC1CN(c2ncc(Br)cc2[N+](=O)[O-])CC1OC. The Bertz CT molecular complexity index is 473. The molecular formula is C11H14BrN3O4. The van der Waals surface area contributed by atoms with Crippen LogP contribution in [0.5, 0.6) is 0 Å². The van der Waals surface area contributed by atoms with Gasteiger partial charge in [0.2, 0.25) is 5.82 Å². The Morgan fingerprint density at radius 1 is 1.42 bits per heavy atom. The fraction of sp³-hybridized carbons (Fsp3) is 0.545. The van der Waals surface area contributed by atoms with Crippen molar-refractivity contribution in [3.8, 4) is 0 Å². The molecule has 1 aromatic heterocycles. The molecular weight excluding hydrogens is 318 g/mol. The highest BCUT2D eigenvalue weighted by atomic mass is 79.9. The van der Waals surface area contributed by atoms with Gasteiger partial charge in [0.25, 0.3) is 0 Å². The minimum absolute atomic E-state index is 0.0269. The van der Waals surface area contributed by atoms with Crippen LogP contribution in [-0.2, 0) is 9.47 Å². The van der Waals surface area contributed by atoms with Crippen molar-refractivity contribution in [2.45, 2.75) is 12.2 Å². The van der Waals surface area contributed by atoms with Crippen LogP contribution in [0, 0.1) is 10.1 Å². The molecule has 7 nitrogen and oxygen atoms in total. The Morgan fingerprint density at radius 2 is 2.00 bits per heavy atom. The second kappa shape index (κ2) is 5.81. The summed E-state index contributed by atoms with van der Waals surface area (Å²) in [7, 11) is 3.20. The molecule has 1 aliphatic rings. The van der Waals surface area contributed by atoms with E-state index in [-0.39, 0.29) is 17.9 Å². The van der Waals surface area contributed by atoms with Crippen molar-refractivity contribution >= 4 is 27.4 Å². The van der Waals surface area contributed by atoms with Crippen LogP contribution >= 0.6 is 15.9 Å². The molecule has 1 fully saturated rings. The summed E-state index contributed by atoms with van der Waals surface area (Å²) in [4.78, 5) is 16.6. The summed E-state index contributed by atoms with van der Waals surface area (Å²) in [5.74, 6) is 0.342. The molecule has 0 aromatic carbocycles. The summed E-state index contributed by atoms with van der Waals surface area (Å²) in [5.41, 5.74) is -0.0269. The van der Waals surface area contributed by atoms with Gasteiger partial charge >= 0.3 is 5.69 Å². The standard InChI is InChI=1S/C11H14BrN3O4/c1-18-9-5-14(6-10(9)19-2)11-8(15(16)17)3-7(12)4-13-11/h3-4,9-10H,5-6H2,1-2H3. The number of ether oxygens (including phenoxy) is 2. The molecule has 8 heteroatoms. The fourth-order valence-corrected chi connectivity index (χ4v) is 2.49. The summed E-state index contributed by atoms with van der Waals surface area (Å²) < 4.78 is 11.2. The van der Waals surface area contributed by atoms with Crippen molar-refractivity contribution < 1.29 is 14.4 Å². The second-order valence-electron chi connectivity index (χ2n) is 4.21. The Labute approximate surface area is 118 Å². The Morgan fingerprint density at radius 3 is 2.47 bits per heavy atom. The first kappa shape index (κ1) is 14.2. The summed E-state index contributed by atoms with van der Waals surface area (Å²) in [6, 6.07) is 1.45. The van der Waals surface area contributed by atoms with Gasteiger partial charge in [0, 0.05) is 44.0 Å². The molecule has 2 unspecified atom stereocenters. The molecule has 0 radical (unpaired) electrons. The van der Waals surface area contributed by atoms with Crippen LogP contribution in [0.3, 0.4) is 0 Å². The third-order valence-corrected chi connectivity index (χ3v) is 3.56. The number of nitrogens with zero attached hydrogens (tertiary/aromatic N) is 3. The van der Waals surface area contributed by atoms with Crippen molar-refractivity contribution in [2.24, 2.45) is 0 Å². The van der Waals surface area contributed by atoms with Gasteiger partial charge in [-0.15, -0.1) is 0 Å². The highest BCUT2D eigenvalue weighted by molar-refractivity contribution is 9.10. The van der Waals surface area contributed by atoms with E-state index in [0.717, 1.165) is 0 Å². The number of hydrogen-bond donors (Lipinski definition) is 0. The molecule has 0 bridgehead atoms. The molecule has 0 aliphatic carbocycles. The van der Waals surface area contributed by atoms with Gasteiger partial charge < -0.3 is 14.4 Å². The van der Waals surface area contributed by atoms with Gasteiger partial charge in [0.1, 0.15) is 12.2 Å². The summed E-state index contributed by atoms with van der Waals surface area (Å²) >= 11 is 3.19. The minimum atomic E-state index is -0.435. The number of nitro groups is 1. The smallest absolute Gasteiger partial charge is 0.312 e. The van der Waals surface area contributed by atoms with Gasteiger partial charge in [-0.05, 0) is 15.9 Å². The minimum Gasteiger partial charge on any atom is -0.377 e. The topological polar surface area (TPSA) is 77.7 Å². The number of aromatic nitrogens is 1. The van der Waals surface area contributed by atoms with E-state index in [1.165, 1.54) is 6.07 Å². The van der Waals surface area contributed by atoms with Gasteiger partial charge in [-0.1, -0.05) is 0 Å². The maximum absolute atomic E-state index is 11.1. The third-order valence-electron chi connectivity index (χ3n) is 3.13. The molecule has 1 saturated heterocycles. The average Bonchev–Trinajstić information content (AvgIpc) is 2.81. The van der Waals surface area contributed by atoms with E-state index >= 15 is 0 Å². The summed E-state index contributed by atoms with van der Waals surface area (Å²) in [5, 5.41) is 11.1. The van der Waals surface area contributed by atoms with E-state index in [1.807, 2.05) is 4.90 Å². The predicted octanol–water partition coefficient (Wildman–Crippen LogP) is 1.60. The van der Waals surface area contributed by atoms with E-state index in [9.17, 15) is 10.1 Å². The van der Waals surface area contributed by atoms with Crippen LogP contribution in [0.2, 0.25) is 0 Å². The number of rotatable bonds is 4. The van der Waals surface area contributed by atoms with E-state index in [4.69, 9.17) is 9.47 Å². The van der Waals surface area contributed by atoms with Crippen molar-refractivity contribution in [3.05, 3.63) is 26.9 Å². The number of pyridine rings is 1. The lowest BCUT2D eigenvalue weighted by Crippen LogP contribution is -2.27. The molecule has 104 valence electrons. The van der Waals surface area contributed by atoms with Crippen LogP contribution in [0.4, 0.5) is 11.5 Å². The van der Waals surface area contributed by atoms with Gasteiger partial charge in [0.15, 0.2) is 0 Å². The maximum Gasteiger partial charge on any atom is 0.312 e. The lowest BCUT2D eigenvalue weighted by atomic mass is 10.3. The van der Waals surface area contributed by atoms with Crippen molar-refractivity contribution in [1.29, 1.82) is 0 Å². The molecule has 2 atom stereocenters. The Hall–Kier alpha value is -1.25. The number of anilines is 1. The zero-order chi connectivity index (χ0) is 14.0. The van der Waals surface area contributed by atoms with Crippen molar-refractivity contribution in [3.63, 3.8) is 0 Å². The van der Waals surface area contributed by atoms with Crippen LogP contribution in [-0.4, -0.2) is 49.4 Å². The largest absolute Gasteiger partial charge is 0.377 e. The normalized spacial score (nSPS) is 22.8. The highest BCUT2D eigenvalue weighted by Gasteiger charge is 2.36. The molecule has 1 aromatic rings. The first-order chi connectivity index (χ1) is 9.06. The van der Waals surface area contributed by atoms with Crippen molar-refractivity contribution in [2.75, 3.05) is 32.2 Å². The lowest BCUT2D eigenvalue weighted by Gasteiger charge is -2.16. The molecule has 2 rings (SSSR count). The zero-order valence-electron chi connectivity index (χ0n) is 10.6. The number of methoxy groups -OCH3 is 2. The third kappa shape index (κ3) is 2.85. The maximum atomic E-state index is 11.1. The summed E-state index contributed by atoms with van der Waals surface area (Å²) in [6.07, 6.45) is 1.31. The van der Waals surface area contributed by atoms with Crippen molar-refractivity contribution in [1.82, 2.24) is 4.98 Å². The van der Waals surface area contributed by atoms with E-state index < -0.39 is 4.92 Å². The first-order valence-corrected chi connectivity index (χ1v) is 6.46. The monoisotopic (exact) mass is 331 g/mol. The number of halogens is 1. The first-order valence-electron chi connectivity index (χ1n) is 5.67. The second-order valence-corrected chi connectivity index (χ2v) is 5.12. The van der Waals surface area contributed by atoms with Crippen LogP contribution in [0.1, 0.15) is 0 Å². The lowest BCUT2D eigenvalue weighted by molar-refractivity contribution is -0.384. The van der Waals surface area contributed by atoms with Crippen LogP contribution in [0.15, 0.2) is 16.7 Å². The van der Waals surface area contributed by atoms with Crippen LogP contribution in [0.25, 0.3) is 0 Å². The molecule has 0 N–H and O–H groups in total. The Kier molecular flexibility index (Phi) is 4.33. The van der Waals surface area contributed by atoms with E-state index in [0.29, 0.717) is 23.4 Å². The van der Waals surface area contributed by atoms with Gasteiger partial charge in [-0.25, -0.2) is 4.98 Å². The molecule has 2 heterocycles. The van der Waals surface area contributed by atoms with Gasteiger partial charge in [-0.2, -0.15) is 0 Å². The van der Waals surface area contributed by atoms with Crippen LogP contribution < -0.4 is 4.90 Å². The quantitative estimate of drug-likeness (QED) is 0.616. The molecule has 0 saturated carbocycles. The fourth-order valence-electron chi connectivity index (χ4n) is 2.17. The molecule has 1 aliphatic heterocycles. The zero-order valence-corrected chi connectivity index (χ0v) is 12.2. The van der Waals surface area contributed by atoms with Gasteiger partial charge in [0.05, 0.1) is 4.92 Å². The molecule has 0 amide bonds. The van der Waals surface area contributed by atoms with E-state index in [2.05, 4.69) is 20.9 Å². The average molecular weight is 332 g/mol. The Balaban J connectivity index is 2.30. The van der Waals surface area contributed by atoms with E-state index in [1.54, 1.807) is 20.4 Å². The number of hydrogen-bond acceptors (Lipinski definition) is 6. The molecule has 0 spiro atoms. The highest BCUT2D eigenvalue weighted by Crippen LogP contribution is 2.31. The van der Waals surface area contributed by atoms with Gasteiger partial charge in [-0.3, -0.25) is 10.1 Å². The summed E-state index contributed by atoms with van der Waals surface area (Å²) in [6.45, 7) is 1.04. The predicted molar refractivity (Wildman–Crippen MR) is 72.4 cm³/mol. The molecule has 19 heavy (non-hydrogen) atoms.